The molecule has 17 heavy (non-hydrogen) atoms. The van der Waals surface area contributed by atoms with Crippen molar-refractivity contribution in [3.8, 4) is 17.2 Å². The lowest BCUT2D eigenvalue weighted by Crippen LogP contribution is -2.16. The minimum absolute atomic E-state index is 0.0272. The van der Waals surface area contributed by atoms with E-state index in [9.17, 15) is 5.11 Å². The Kier molecular flexibility index (Phi) is 2.86. The van der Waals surface area contributed by atoms with E-state index >= 15 is 0 Å². The van der Waals surface area contributed by atoms with Gasteiger partial charge in [0.2, 0.25) is 0 Å². The van der Waals surface area contributed by atoms with E-state index in [-0.39, 0.29) is 11.6 Å². The van der Waals surface area contributed by atoms with Gasteiger partial charge in [-0.05, 0) is 24.2 Å². The van der Waals surface area contributed by atoms with Crippen LogP contribution in [0.25, 0.3) is 11.5 Å². The number of nitrogens with two attached hydrogens (primary N) is 1. The number of aromatic nitrogens is 2. The molecule has 0 saturated carbocycles. The van der Waals surface area contributed by atoms with Crippen LogP contribution in [-0.4, -0.2) is 28.8 Å². The second kappa shape index (κ2) is 4.32. The lowest BCUT2D eigenvalue weighted by Gasteiger charge is -2.08. The molecule has 0 aliphatic carbocycles. The summed E-state index contributed by atoms with van der Waals surface area (Å²) in [6, 6.07) is 4.76. The molecule has 2 aromatic rings. The van der Waals surface area contributed by atoms with E-state index < -0.39 is 0 Å². The molecule has 0 saturated heterocycles. The highest BCUT2D eigenvalue weighted by atomic mass is 16.5. The summed E-state index contributed by atoms with van der Waals surface area (Å²) in [6.45, 7) is 2.75. The molecular weight excluding hydrogens is 220 g/mol. The summed E-state index contributed by atoms with van der Waals surface area (Å²) >= 11 is 0. The molecule has 0 amide bonds. The molecule has 0 atom stereocenters. The lowest BCUT2D eigenvalue weighted by atomic mass is 10.2. The molecule has 6 heteroatoms. The van der Waals surface area contributed by atoms with Crippen molar-refractivity contribution >= 4 is 11.6 Å². The number of nitrogen functional groups attached to an aromatic ring is 1. The molecule has 90 valence electrons. The van der Waals surface area contributed by atoms with Crippen molar-refractivity contribution < 1.29 is 9.63 Å². The SMILES string of the molecule is CCN(C)c1noc(-c2ccc(N)cc2O)n1. The van der Waals surface area contributed by atoms with E-state index in [1.165, 1.54) is 6.07 Å². The quantitative estimate of drug-likeness (QED) is 0.782. The monoisotopic (exact) mass is 234 g/mol. The molecule has 6 nitrogen and oxygen atoms in total. The highest BCUT2D eigenvalue weighted by Crippen LogP contribution is 2.30. The van der Waals surface area contributed by atoms with Crippen LogP contribution in [0.1, 0.15) is 6.92 Å². The van der Waals surface area contributed by atoms with Gasteiger partial charge in [-0.25, -0.2) is 0 Å². The molecule has 3 N–H and O–H groups in total. The Balaban J connectivity index is 2.37. The minimum Gasteiger partial charge on any atom is -0.507 e. The van der Waals surface area contributed by atoms with Crippen molar-refractivity contribution in [3.05, 3.63) is 18.2 Å². The van der Waals surface area contributed by atoms with Gasteiger partial charge in [-0.3, -0.25) is 0 Å². The molecule has 0 radical (unpaired) electrons. The molecule has 1 aromatic heterocycles. The van der Waals surface area contributed by atoms with Crippen LogP contribution in [0.2, 0.25) is 0 Å². The van der Waals surface area contributed by atoms with Crippen molar-refractivity contribution in [1.29, 1.82) is 0 Å². The van der Waals surface area contributed by atoms with Crippen LogP contribution < -0.4 is 10.6 Å². The average Bonchev–Trinajstić information content (AvgIpc) is 2.77. The maximum atomic E-state index is 9.73. The summed E-state index contributed by atoms with van der Waals surface area (Å²) in [5.74, 6) is 0.788. The van der Waals surface area contributed by atoms with Crippen molar-refractivity contribution in [1.82, 2.24) is 10.1 Å². The number of anilines is 2. The average molecular weight is 234 g/mol. The van der Waals surface area contributed by atoms with Gasteiger partial charge in [-0.15, -0.1) is 0 Å². The number of aromatic hydroxyl groups is 1. The van der Waals surface area contributed by atoms with E-state index in [0.29, 0.717) is 17.2 Å². The molecule has 0 aliphatic rings. The Morgan fingerprint density at radius 1 is 1.47 bits per heavy atom. The van der Waals surface area contributed by atoms with Gasteiger partial charge in [0, 0.05) is 25.3 Å². The second-order valence-electron chi connectivity index (χ2n) is 3.69. The number of nitrogens with zero attached hydrogens (tertiary/aromatic N) is 3. The summed E-state index contributed by atoms with van der Waals surface area (Å²) < 4.78 is 5.09. The fraction of sp³-hybridized carbons (Fsp3) is 0.273. The topological polar surface area (TPSA) is 88.4 Å². The molecule has 0 bridgehead atoms. The maximum Gasteiger partial charge on any atom is 0.266 e. The summed E-state index contributed by atoms with van der Waals surface area (Å²) in [5, 5.41) is 13.6. The molecule has 0 spiro atoms. The van der Waals surface area contributed by atoms with Gasteiger partial charge >= 0.3 is 0 Å². The van der Waals surface area contributed by atoms with Crippen molar-refractivity contribution in [2.45, 2.75) is 6.92 Å². The van der Waals surface area contributed by atoms with E-state index in [4.69, 9.17) is 10.3 Å². The Hall–Kier alpha value is -2.24. The number of hydrogen-bond acceptors (Lipinski definition) is 6. The standard InChI is InChI=1S/C11H14N4O2/c1-3-15(2)11-13-10(17-14-11)8-5-4-7(12)6-9(8)16/h4-6,16H,3,12H2,1-2H3. The minimum atomic E-state index is 0.0272. The van der Waals surface area contributed by atoms with Crippen molar-refractivity contribution in [2.24, 2.45) is 0 Å². The Morgan fingerprint density at radius 2 is 2.24 bits per heavy atom. The molecule has 0 aliphatic heterocycles. The summed E-state index contributed by atoms with van der Waals surface area (Å²) in [6.07, 6.45) is 0. The van der Waals surface area contributed by atoms with Gasteiger partial charge in [0.15, 0.2) is 0 Å². The van der Waals surface area contributed by atoms with Gasteiger partial charge in [-0.2, -0.15) is 4.98 Å². The fourth-order valence-corrected chi connectivity index (χ4v) is 1.35. The van der Waals surface area contributed by atoms with Gasteiger partial charge in [0.1, 0.15) is 5.75 Å². The van der Waals surface area contributed by atoms with Crippen LogP contribution in [-0.2, 0) is 0 Å². The first-order chi connectivity index (χ1) is 8.11. The first kappa shape index (κ1) is 11.3. The summed E-state index contributed by atoms with van der Waals surface area (Å²) in [4.78, 5) is 6.02. The van der Waals surface area contributed by atoms with Crippen LogP contribution in [0.3, 0.4) is 0 Å². The maximum absolute atomic E-state index is 9.73. The smallest absolute Gasteiger partial charge is 0.266 e. The van der Waals surface area contributed by atoms with Gasteiger partial charge in [0.25, 0.3) is 11.8 Å². The normalized spacial score (nSPS) is 10.5. The Morgan fingerprint density at radius 3 is 2.88 bits per heavy atom. The fourth-order valence-electron chi connectivity index (χ4n) is 1.35. The predicted octanol–water partition coefficient (Wildman–Crippen LogP) is 1.48. The molecule has 1 aromatic carbocycles. The number of rotatable bonds is 3. The number of hydrogen-bond donors (Lipinski definition) is 2. The Bertz CT molecular complexity index is 524. The van der Waals surface area contributed by atoms with E-state index in [1.54, 1.807) is 12.1 Å². The third-order valence-electron chi connectivity index (χ3n) is 2.48. The van der Waals surface area contributed by atoms with Crippen LogP contribution in [0, 0.1) is 0 Å². The molecule has 0 unspecified atom stereocenters. The summed E-state index contributed by atoms with van der Waals surface area (Å²) in [5.41, 5.74) is 6.50. The lowest BCUT2D eigenvalue weighted by molar-refractivity contribution is 0.424. The van der Waals surface area contributed by atoms with E-state index in [1.807, 2.05) is 18.9 Å². The number of benzene rings is 1. The third kappa shape index (κ3) is 2.15. The largest absolute Gasteiger partial charge is 0.507 e. The second-order valence-corrected chi connectivity index (χ2v) is 3.69. The van der Waals surface area contributed by atoms with Gasteiger partial charge < -0.3 is 20.3 Å². The van der Waals surface area contributed by atoms with Gasteiger partial charge in [-0.1, -0.05) is 0 Å². The zero-order valence-corrected chi connectivity index (χ0v) is 9.71. The first-order valence-electron chi connectivity index (χ1n) is 5.25. The van der Waals surface area contributed by atoms with Crippen molar-refractivity contribution in [2.75, 3.05) is 24.2 Å². The van der Waals surface area contributed by atoms with E-state index in [0.717, 1.165) is 6.54 Å². The predicted molar refractivity (Wildman–Crippen MR) is 64.8 cm³/mol. The van der Waals surface area contributed by atoms with Crippen LogP contribution >= 0.6 is 0 Å². The molecule has 1 heterocycles. The Labute approximate surface area is 98.7 Å². The van der Waals surface area contributed by atoms with Crippen LogP contribution in [0.4, 0.5) is 11.6 Å². The zero-order chi connectivity index (χ0) is 12.4. The highest BCUT2D eigenvalue weighted by molar-refractivity contribution is 5.66. The third-order valence-corrected chi connectivity index (χ3v) is 2.48. The zero-order valence-electron chi connectivity index (χ0n) is 9.71. The molecule has 0 fully saturated rings. The van der Waals surface area contributed by atoms with Gasteiger partial charge in [0.05, 0.1) is 5.56 Å². The first-order valence-corrected chi connectivity index (χ1v) is 5.25. The highest BCUT2D eigenvalue weighted by Gasteiger charge is 2.14. The number of phenols is 1. The molecular formula is C11H14N4O2. The van der Waals surface area contributed by atoms with Crippen molar-refractivity contribution in [3.63, 3.8) is 0 Å². The van der Waals surface area contributed by atoms with E-state index in [2.05, 4.69) is 10.1 Å². The summed E-state index contributed by atoms with van der Waals surface area (Å²) in [7, 11) is 1.86. The van der Waals surface area contributed by atoms with Crippen LogP contribution in [0.15, 0.2) is 22.7 Å². The molecule has 2 rings (SSSR count). The van der Waals surface area contributed by atoms with Crippen LogP contribution in [0.5, 0.6) is 5.75 Å². The number of phenolic OH excluding ortho intramolecular Hbond substituents is 1.